The minimum Gasteiger partial charge on any atom is -0.396 e. The first-order valence-corrected chi connectivity index (χ1v) is 7.50. The van der Waals surface area contributed by atoms with E-state index >= 15 is 0 Å². The molecule has 0 atom stereocenters. The number of carbonyl (C=O) groups is 1. The van der Waals surface area contributed by atoms with E-state index < -0.39 is 5.91 Å². The van der Waals surface area contributed by atoms with Crippen molar-refractivity contribution >= 4 is 17.3 Å². The predicted octanol–water partition coefficient (Wildman–Crippen LogP) is 3.00. The molecular formula is C16H25N3O. The Morgan fingerprint density at radius 3 is 2.65 bits per heavy atom. The van der Waals surface area contributed by atoms with Crippen LogP contribution in [0.15, 0.2) is 18.2 Å². The highest BCUT2D eigenvalue weighted by Gasteiger charge is 2.17. The van der Waals surface area contributed by atoms with E-state index in [1.807, 2.05) is 6.07 Å². The van der Waals surface area contributed by atoms with Crippen LogP contribution >= 0.6 is 0 Å². The van der Waals surface area contributed by atoms with Crippen LogP contribution < -0.4 is 16.8 Å². The van der Waals surface area contributed by atoms with Crippen LogP contribution in [-0.2, 0) is 0 Å². The molecule has 5 N–H and O–H groups in total. The van der Waals surface area contributed by atoms with Crippen LogP contribution in [0.1, 0.15) is 49.4 Å². The van der Waals surface area contributed by atoms with Gasteiger partial charge in [-0.15, -0.1) is 0 Å². The number of amides is 1. The van der Waals surface area contributed by atoms with E-state index in [2.05, 4.69) is 12.2 Å². The number of hydrogen-bond donors (Lipinski definition) is 3. The van der Waals surface area contributed by atoms with E-state index in [9.17, 15) is 4.79 Å². The molecule has 0 heterocycles. The highest BCUT2D eigenvalue weighted by Crippen LogP contribution is 2.30. The second kappa shape index (κ2) is 6.64. The smallest absolute Gasteiger partial charge is 0.250 e. The summed E-state index contributed by atoms with van der Waals surface area (Å²) in [5, 5.41) is 3.33. The number of hydrogen-bond acceptors (Lipinski definition) is 3. The molecule has 0 bridgehead atoms. The Morgan fingerprint density at radius 2 is 2.00 bits per heavy atom. The van der Waals surface area contributed by atoms with Crippen molar-refractivity contribution < 1.29 is 4.79 Å². The molecule has 1 saturated carbocycles. The molecule has 0 aliphatic heterocycles. The molecular weight excluding hydrogens is 250 g/mol. The van der Waals surface area contributed by atoms with Gasteiger partial charge in [0.1, 0.15) is 0 Å². The SMILES string of the molecule is CC1CCC(CCNc2cccc(C(N)=O)c2N)CC1. The first-order valence-electron chi connectivity index (χ1n) is 7.50. The normalized spacial score (nSPS) is 22.4. The summed E-state index contributed by atoms with van der Waals surface area (Å²) in [6, 6.07) is 5.36. The zero-order chi connectivity index (χ0) is 14.5. The van der Waals surface area contributed by atoms with Crippen molar-refractivity contribution in [2.24, 2.45) is 17.6 Å². The van der Waals surface area contributed by atoms with Crippen molar-refractivity contribution in [1.82, 2.24) is 0 Å². The summed E-state index contributed by atoms with van der Waals surface area (Å²) in [4.78, 5) is 11.2. The molecule has 2 rings (SSSR count). The quantitative estimate of drug-likeness (QED) is 0.722. The molecule has 0 unspecified atom stereocenters. The van der Waals surface area contributed by atoms with Crippen LogP contribution in [0.3, 0.4) is 0 Å². The molecule has 1 aromatic carbocycles. The molecule has 1 aliphatic rings. The van der Waals surface area contributed by atoms with Crippen molar-refractivity contribution in [3.63, 3.8) is 0 Å². The monoisotopic (exact) mass is 275 g/mol. The minimum absolute atomic E-state index is 0.390. The van der Waals surface area contributed by atoms with Crippen LogP contribution in [0, 0.1) is 11.8 Å². The summed E-state index contributed by atoms with van der Waals surface area (Å²) in [5.74, 6) is 1.23. The zero-order valence-corrected chi connectivity index (χ0v) is 12.2. The van der Waals surface area contributed by atoms with Gasteiger partial charge in [0.2, 0.25) is 0 Å². The van der Waals surface area contributed by atoms with Gasteiger partial charge in [-0.1, -0.05) is 38.7 Å². The highest BCUT2D eigenvalue weighted by molar-refractivity contribution is 6.00. The fourth-order valence-electron chi connectivity index (χ4n) is 2.96. The second-order valence-corrected chi connectivity index (χ2v) is 5.97. The number of nitrogens with one attached hydrogen (secondary N) is 1. The Bertz CT molecular complexity index is 465. The van der Waals surface area contributed by atoms with Gasteiger partial charge in [0.15, 0.2) is 0 Å². The van der Waals surface area contributed by atoms with Crippen molar-refractivity contribution in [2.75, 3.05) is 17.6 Å². The average Bonchev–Trinajstić information content (AvgIpc) is 2.42. The Labute approximate surface area is 120 Å². The topological polar surface area (TPSA) is 81.1 Å². The van der Waals surface area contributed by atoms with Gasteiger partial charge in [-0.2, -0.15) is 0 Å². The maximum atomic E-state index is 11.2. The lowest BCUT2D eigenvalue weighted by atomic mass is 9.81. The molecule has 0 aromatic heterocycles. The van der Waals surface area contributed by atoms with E-state index in [1.54, 1.807) is 12.1 Å². The summed E-state index contributed by atoms with van der Waals surface area (Å²) >= 11 is 0. The maximum absolute atomic E-state index is 11.2. The fraction of sp³-hybridized carbons (Fsp3) is 0.562. The molecule has 4 heteroatoms. The van der Waals surface area contributed by atoms with Crippen molar-refractivity contribution in [2.45, 2.75) is 39.0 Å². The lowest BCUT2D eigenvalue weighted by Gasteiger charge is -2.26. The summed E-state index contributed by atoms with van der Waals surface area (Å²) in [6.07, 6.45) is 6.53. The summed E-state index contributed by atoms with van der Waals surface area (Å²) < 4.78 is 0. The van der Waals surface area contributed by atoms with Gasteiger partial charge in [-0.3, -0.25) is 4.79 Å². The van der Waals surface area contributed by atoms with Gasteiger partial charge in [0, 0.05) is 6.54 Å². The first-order chi connectivity index (χ1) is 9.58. The Balaban J connectivity index is 1.85. The van der Waals surface area contributed by atoms with Crippen LogP contribution in [-0.4, -0.2) is 12.5 Å². The summed E-state index contributed by atoms with van der Waals surface area (Å²) in [6.45, 7) is 3.23. The van der Waals surface area contributed by atoms with E-state index in [1.165, 1.54) is 25.7 Å². The van der Waals surface area contributed by atoms with E-state index in [0.29, 0.717) is 11.3 Å². The number of primary amides is 1. The average molecular weight is 275 g/mol. The second-order valence-electron chi connectivity index (χ2n) is 5.97. The number of nitrogen functional groups attached to an aromatic ring is 1. The number of carbonyl (C=O) groups excluding carboxylic acids is 1. The van der Waals surface area contributed by atoms with Crippen LogP contribution in [0.4, 0.5) is 11.4 Å². The van der Waals surface area contributed by atoms with Crippen molar-refractivity contribution in [1.29, 1.82) is 0 Å². The molecule has 0 radical (unpaired) electrons. The van der Waals surface area contributed by atoms with E-state index in [4.69, 9.17) is 11.5 Å². The molecule has 1 aromatic rings. The van der Waals surface area contributed by atoms with Gasteiger partial charge in [-0.05, 0) is 30.4 Å². The number of anilines is 2. The van der Waals surface area contributed by atoms with E-state index in [0.717, 1.165) is 30.5 Å². The zero-order valence-electron chi connectivity index (χ0n) is 12.2. The molecule has 1 fully saturated rings. The Morgan fingerprint density at radius 1 is 1.30 bits per heavy atom. The third-order valence-corrected chi connectivity index (χ3v) is 4.38. The lowest BCUT2D eigenvalue weighted by molar-refractivity contribution is 0.100. The Kier molecular flexibility index (Phi) is 4.88. The summed E-state index contributed by atoms with van der Waals surface area (Å²) in [7, 11) is 0. The van der Waals surface area contributed by atoms with Crippen LogP contribution in [0.25, 0.3) is 0 Å². The van der Waals surface area contributed by atoms with Crippen LogP contribution in [0.2, 0.25) is 0 Å². The van der Waals surface area contributed by atoms with Gasteiger partial charge in [0.05, 0.1) is 16.9 Å². The first kappa shape index (κ1) is 14.7. The number of benzene rings is 1. The largest absolute Gasteiger partial charge is 0.396 e. The predicted molar refractivity (Wildman–Crippen MR) is 83.6 cm³/mol. The minimum atomic E-state index is -0.479. The third-order valence-electron chi connectivity index (χ3n) is 4.38. The van der Waals surface area contributed by atoms with Gasteiger partial charge in [-0.25, -0.2) is 0 Å². The molecule has 1 aliphatic carbocycles. The number of para-hydroxylation sites is 1. The maximum Gasteiger partial charge on any atom is 0.250 e. The summed E-state index contributed by atoms with van der Waals surface area (Å²) in [5.41, 5.74) is 12.9. The Hall–Kier alpha value is -1.71. The van der Waals surface area contributed by atoms with Gasteiger partial charge in [0.25, 0.3) is 5.91 Å². The molecule has 20 heavy (non-hydrogen) atoms. The van der Waals surface area contributed by atoms with Gasteiger partial charge < -0.3 is 16.8 Å². The molecule has 0 saturated heterocycles. The number of nitrogens with two attached hydrogens (primary N) is 2. The molecule has 0 spiro atoms. The number of rotatable bonds is 5. The van der Waals surface area contributed by atoms with Crippen molar-refractivity contribution in [3.8, 4) is 0 Å². The standard InChI is InChI=1S/C16H25N3O/c1-11-5-7-12(8-6-11)9-10-19-14-4-2-3-13(15(14)17)16(18)20/h2-4,11-12,19H,5-10,17H2,1H3,(H2,18,20). The van der Waals surface area contributed by atoms with E-state index in [-0.39, 0.29) is 0 Å². The highest BCUT2D eigenvalue weighted by atomic mass is 16.1. The van der Waals surface area contributed by atoms with Crippen molar-refractivity contribution in [3.05, 3.63) is 23.8 Å². The fourth-order valence-corrected chi connectivity index (χ4v) is 2.96. The molecule has 1 amide bonds. The molecule has 4 nitrogen and oxygen atoms in total. The third kappa shape index (κ3) is 3.65. The lowest BCUT2D eigenvalue weighted by Crippen LogP contribution is -2.17. The van der Waals surface area contributed by atoms with Crippen LogP contribution in [0.5, 0.6) is 0 Å². The van der Waals surface area contributed by atoms with Gasteiger partial charge >= 0.3 is 0 Å². The molecule has 110 valence electrons.